The molecule has 0 radical (unpaired) electrons. The van der Waals surface area contributed by atoms with Gasteiger partial charge in [-0.3, -0.25) is 4.18 Å². The first kappa shape index (κ1) is 14.5. The topological polar surface area (TPSA) is 81.7 Å². The van der Waals surface area contributed by atoms with Crippen LogP contribution in [0.5, 0.6) is 0 Å². The summed E-state index contributed by atoms with van der Waals surface area (Å²) in [7, 11) is -3.47. The van der Waals surface area contributed by atoms with Gasteiger partial charge in [0.1, 0.15) is 6.61 Å². The summed E-state index contributed by atoms with van der Waals surface area (Å²) < 4.78 is 30.6. The second-order valence-corrected chi connectivity index (χ2v) is 5.16. The lowest BCUT2D eigenvalue weighted by atomic mass is 10.2. The van der Waals surface area contributed by atoms with Gasteiger partial charge in [-0.15, -0.1) is 0 Å². The highest BCUT2D eigenvalue weighted by molar-refractivity contribution is 7.85. The molecule has 1 aromatic rings. The summed E-state index contributed by atoms with van der Waals surface area (Å²) in [6, 6.07) is 9.22. The first-order valence-corrected chi connectivity index (χ1v) is 7.08. The van der Waals surface area contributed by atoms with Crippen LogP contribution >= 0.6 is 0 Å². The maximum Gasteiger partial charge on any atom is 0.407 e. The molecule has 0 spiro atoms. The average molecular weight is 273 g/mol. The molecule has 0 saturated heterocycles. The Hall–Kier alpha value is -1.60. The summed E-state index contributed by atoms with van der Waals surface area (Å²) in [5, 5.41) is 2.37. The number of hydrogen-bond donors (Lipinski definition) is 1. The molecule has 1 aromatic carbocycles. The Kier molecular flexibility index (Phi) is 5.60. The number of amides is 1. The van der Waals surface area contributed by atoms with E-state index in [0.717, 1.165) is 11.8 Å². The summed E-state index contributed by atoms with van der Waals surface area (Å²) >= 11 is 0. The van der Waals surface area contributed by atoms with E-state index in [1.54, 1.807) is 0 Å². The van der Waals surface area contributed by atoms with Gasteiger partial charge in [-0.2, -0.15) is 8.42 Å². The van der Waals surface area contributed by atoms with E-state index in [0.29, 0.717) is 0 Å². The van der Waals surface area contributed by atoms with Crippen LogP contribution in [-0.4, -0.2) is 33.9 Å². The van der Waals surface area contributed by atoms with Crippen molar-refractivity contribution in [3.8, 4) is 0 Å². The van der Waals surface area contributed by atoms with Crippen molar-refractivity contribution in [3.05, 3.63) is 35.9 Å². The van der Waals surface area contributed by atoms with Crippen LogP contribution < -0.4 is 5.32 Å². The molecule has 1 N–H and O–H groups in total. The number of benzene rings is 1. The van der Waals surface area contributed by atoms with E-state index >= 15 is 0 Å². The van der Waals surface area contributed by atoms with Crippen LogP contribution in [0.4, 0.5) is 4.79 Å². The van der Waals surface area contributed by atoms with Crippen molar-refractivity contribution < 1.29 is 22.1 Å². The number of rotatable bonds is 6. The third-order valence-electron chi connectivity index (χ3n) is 1.88. The Labute approximate surface area is 106 Å². The Bertz CT molecular complexity index is 471. The predicted molar refractivity (Wildman–Crippen MR) is 65.4 cm³/mol. The molecule has 18 heavy (non-hydrogen) atoms. The third-order valence-corrected chi connectivity index (χ3v) is 2.48. The van der Waals surface area contributed by atoms with Crippen molar-refractivity contribution >= 4 is 16.2 Å². The van der Waals surface area contributed by atoms with Crippen molar-refractivity contribution in [2.45, 2.75) is 6.61 Å². The van der Waals surface area contributed by atoms with Gasteiger partial charge in [-0.05, 0) is 5.56 Å². The fraction of sp³-hybridized carbons (Fsp3) is 0.364. The highest BCUT2D eigenvalue weighted by atomic mass is 32.2. The molecular formula is C11H15NO5S. The molecule has 0 bridgehead atoms. The molecule has 100 valence electrons. The molecule has 1 amide bonds. The summed E-state index contributed by atoms with van der Waals surface area (Å²) in [6.07, 6.45) is 0.330. The molecule has 0 aromatic heterocycles. The third kappa shape index (κ3) is 6.87. The van der Waals surface area contributed by atoms with E-state index in [2.05, 4.69) is 9.50 Å². The zero-order chi connectivity index (χ0) is 13.4. The molecule has 0 aliphatic rings. The Balaban J connectivity index is 2.15. The van der Waals surface area contributed by atoms with Gasteiger partial charge in [0.2, 0.25) is 0 Å². The minimum absolute atomic E-state index is 0.0701. The van der Waals surface area contributed by atoms with Crippen LogP contribution in [0, 0.1) is 0 Å². The van der Waals surface area contributed by atoms with Crippen LogP contribution in [0.1, 0.15) is 5.56 Å². The van der Waals surface area contributed by atoms with Crippen molar-refractivity contribution in [1.29, 1.82) is 0 Å². The summed E-state index contributed by atoms with van der Waals surface area (Å²) in [5.74, 6) is 0. The van der Waals surface area contributed by atoms with E-state index < -0.39 is 16.2 Å². The smallest absolute Gasteiger partial charge is 0.407 e. The Morgan fingerprint density at radius 3 is 2.56 bits per heavy atom. The number of carbonyl (C=O) groups is 1. The maximum atomic E-state index is 11.2. The largest absolute Gasteiger partial charge is 0.445 e. The number of nitrogens with one attached hydrogen (secondary N) is 1. The first-order valence-electron chi connectivity index (χ1n) is 5.26. The second kappa shape index (κ2) is 6.97. The molecule has 0 heterocycles. The first-order chi connectivity index (χ1) is 8.47. The molecular weight excluding hydrogens is 258 g/mol. The SMILES string of the molecule is CS(=O)(=O)OCCNC(=O)OCc1ccccc1. The normalized spacial score (nSPS) is 10.9. The number of ether oxygens (including phenoxy) is 1. The quantitative estimate of drug-likeness (QED) is 0.615. The monoisotopic (exact) mass is 273 g/mol. The van der Waals surface area contributed by atoms with Crippen LogP contribution in [0.3, 0.4) is 0 Å². The lowest BCUT2D eigenvalue weighted by Gasteiger charge is -2.06. The van der Waals surface area contributed by atoms with Gasteiger partial charge >= 0.3 is 6.09 Å². The molecule has 0 aliphatic carbocycles. The Morgan fingerprint density at radius 2 is 1.94 bits per heavy atom. The molecule has 7 heteroatoms. The van der Waals surface area contributed by atoms with Crippen LogP contribution in [0.2, 0.25) is 0 Å². The highest BCUT2D eigenvalue weighted by Gasteiger charge is 2.04. The van der Waals surface area contributed by atoms with E-state index in [4.69, 9.17) is 4.74 Å². The molecule has 0 fully saturated rings. The molecule has 6 nitrogen and oxygen atoms in total. The van der Waals surface area contributed by atoms with Gasteiger partial charge in [0.15, 0.2) is 0 Å². The van der Waals surface area contributed by atoms with Crippen LogP contribution in [0.25, 0.3) is 0 Å². The standard InChI is InChI=1S/C11H15NO5S/c1-18(14,15)17-8-7-12-11(13)16-9-10-5-3-2-4-6-10/h2-6H,7-9H2,1H3,(H,12,13). The highest BCUT2D eigenvalue weighted by Crippen LogP contribution is 2.00. The van der Waals surface area contributed by atoms with Gasteiger partial charge in [0, 0.05) is 6.54 Å². The van der Waals surface area contributed by atoms with Crippen molar-refractivity contribution in [3.63, 3.8) is 0 Å². The predicted octanol–water partition coefficient (Wildman–Crippen LogP) is 0.889. The number of carbonyl (C=O) groups excluding carboxylic acids is 1. The van der Waals surface area contributed by atoms with Gasteiger partial charge in [0.05, 0.1) is 12.9 Å². The zero-order valence-corrected chi connectivity index (χ0v) is 10.8. The number of hydrogen-bond acceptors (Lipinski definition) is 5. The van der Waals surface area contributed by atoms with Crippen molar-refractivity contribution in [2.24, 2.45) is 0 Å². The van der Waals surface area contributed by atoms with Gasteiger partial charge in [0.25, 0.3) is 10.1 Å². The fourth-order valence-corrected chi connectivity index (χ4v) is 1.51. The molecule has 1 rings (SSSR count). The van der Waals surface area contributed by atoms with E-state index in [9.17, 15) is 13.2 Å². The lowest BCUT2D eigenvalue weighted by Crippen LogP contribution is -2.28. The summed E-state index contributed by atoms with van der Waals surface area (Å²) in [4.78, 5) is 11.2. The van der Waals surface area contributed by atoms with E-state index in [-0.39, 0.29) is 19.8 Å². The minimum atomic E-state index is -3.47. The van der Waals surface area contributed by atoms with Crippen LogP contribution in [0.15, 0.2) is 30.3 Å². The molecule has 0 saturated carbocycles. The zero-order valence-electron chi connectivity index (χ0n) is 9.96. The second-order valence-electron chi connectivity index (χ2n) is 3.51. The lowest BCUT2D eigenvalue weighted by molar-refractivity contribution is 0.138. The summed E-state index contributed by atoms with van der Waals surface area (Å²) in [5.41, 5.74) is 0.875. The molecule has 0 aliphatic heterocycles. The van der Waals surface area contributed by atoms with Crippen LogP contribution in [-0.2, 0) is 25.6 Å². The number of alkyl carbamates (subject to hydrolysis) is 1. The van der Waals surface area contributed by atoms with E-state index in [1.807, 2.05) is 30.3 Å². The molecule has 0 unspecified atom stereocenters. The maximum absolute atomic E-state index is 11.2. The van der Waals surface area contributed by atoms with E-state index in [1.165, 1.54) is 0 Å². The Morgan fingerprint density at radius 1 is 1.28 bits per heavy atom. The van der Waals surface area contributed by atoms with Crippen molar-refractivity contribution in [2.75, 3.05) is 19.4 Å². The molecule has 0 atom stereocenters. The van der Waals surface area contributed by atoms with Crippen molar-refractivity contribution in [1.82, 2.24) is 5.32 Å². The summed E-state index contributed by atoms with van der Waals surface area (Å²) in [6.45, 7) is 0.125. The minimum Gasteiger partial charge on any atom is -0.445 e. The average Bonchev–Trinajstić information content (AvgIpc) is 2.32. The fourth-order valence-electron chi connectivity index (χ4n) is 1.12. The van der Waals surface area contributed by atoms with Gasteiger partial charge in [-0.25, -0.2) is 4.79 Å². The van der Waals surface area contributed by atoms with Gasteiger partial charge in [-0.1, -0.05) is 30.3 Å². The van der Waals surface area contributed by atoms with Gasteiger partial charge < -0.3 is 10.1 Å².